The first-order valence-corrected chi connectivity index (χ1v) is 7.51. The van der Waals surface area contributed by atoms with Crippen LogP contribution in [0.3, 0.4) is 0 Å². The number of nitrogens with one attached hydrogen (secondary N) is 1. The fourth-order valence-electron chi connectivity index (χ4n) is 2.22. The van der Waals surface area contributed by atoms with E-state index >= 15 is 0 Å². The van der Waals surface area contributed by atoms with Crippen LogP contribution in [0.4, 0.5) is 5.13 Å². The molecule has 6 heteroatoms. The second kappa shape index (κ2) is 4.70. The first-order valence-electron chi connectivity index (χ1n) is 5.75. The maximum Gasteiger partial charge on any atom is 0.355 e. The van der Waals surface area contributed by atoms with Gasteiger partial charge in [0.15, 0.2) is 10.8 Å². The van der Waals surface area contributed by atoms with Gasteiger partial charge in [-0.1, -0.05) is 0 Å². The summed E-state index contributed by atoms with van der Waals surface area (Å²) < 4.78 is 0. The third-order valence-electron chi connectivity index (χ3n) is 3.07. The monoisotopic (exact) mass is 280 g/mol. The molecule has 3 rings (SSSR count). The standard InChI is InChI=1S/C12H12N2O2S2/c15-11(16)9-6-18-12(14-9)13-8-2-1-3-10-7(8)4-5-17-10/h4-6,8H,1-3H2,(H,13,14)(H,15,16). The fraction of sp³-hybridized carbons (Fsp3) is 0.333. The van der Waals surface area contributed by atoms with Crippen LogP contribution < -0.4 is 5.32 Å². The van der Waals surface area contributed by atoms with E-state index in [2.05, 4.69) is 21.7 Å². The molecule has 0 saturated carbocycles. The number of thiophene rings is 1. The SMILES string of the molecule is O=C(O)c1csc(NC2CCCc3sccc32)n1. The van der Waals surface area contributed by atoms with Crippen molar-refractivity contribution >= 4 is 33.8 Å². The van der Waals surface area contributed by atoms with Crippen molar-refractivity contribution in [2.75, 3.05) is 5.32 Å². The van der Waals surface area contributed by atoms with Crippen LogP contribution in [0.2, 0.25) is 0 Å². The summed E-state index contributed by atoms with van der Waals surface area (Å²) in [4.78, 5) is 16.3. The van der Waals surface area contributed by atoms with Crippen LogP contribution in [0.5, 0.6) is 0 Å². The normalized spacial score (nSPS) is 18.3. The number of fused-ring (bicyclic) bond motifs is 1. The zero-order chi connectivity index (χ0) is 12.5. The minimum absolute atomic E-state index is 0.115. The molecular weight excluding hydrogens is 268 g/mol. The van der Waals surface area contributed by atoms with Crippen LogP contribution in [0, 0.1) is 0 Å². The molecule has 0 radical (unpaired) electrons. The molecule has 1 unspecified atom stereocenters. The lowest BCUT2D eigenvalue weighted by atomic mass is 9.94. The quantitative estimate of drug-likeness (QED) is 0.904. The van der Waals surface area contributed by atoms with Crippen LogP contribution in [0.15, 0.2) is 16.8 Å². The first-order chi connectivity index (χ1) is 8.74. The smallest absolute Gasteiger partial charge is 0.355 e. The third-order valence-corrected chi connectivity index (χ3v) is 4.84. The summed E-state index contributed by atoms with van der Waals surface area (Å²) in [5, 5.41) is 16.6. The molecule has 1 aliphatic carbocycles. The summed E-state index contributed by atoms with van der Waals surface area (Å²) in [7, 11) is 0. The highest BCUT2D eigenvalue weighted by atomic mass is 32.1. The van der Waals surface area contributed by atoms with Crippen LogP contribution in [0.25, 0.3) is 0 Å². The molecule has 1 aliphatic rings. The Balaban J connectivity index is 1.79. The number of nitrogens with zero attached hydrogens (tertiary/aromatic N) is 1. The number of carbonyl (C=O) groups is 1. The van der Waals surface area contributed by atoms with Gasteiger partial charge in [0.1, 0.15) is 0 Å². The predicted molar refractivity (Wildman–Crippen MR) is 72.7 cm³/mol. The molecule has 2 N–H and O–H groups in total. The lowest BCUT2D eigenvalue weighted by Gasteiger charge is -2.23. The molecule has 0 aromatic carbocycles. The van der Waals surface area contributed by atoms with E-state index in [1.54, 1.807) is 16.7 Å². The second-order valence-electron chi connectivity index (χ2n) is 4.23. The number of aromatic carboxylic acids is 1. The highest BCUT2D eigenvalue weighted by molar-refractivity contribution is 7.13. The lowest BCUT2D eigenvalue weighted by Crippen LogP contribution is -2.15. The van der Waals surface area contributed by atoms with Gasteiger partial charge in [0, 0.05) is 10.3 Å². The first kappa shape index (κ1) is 11.7. The van der Waals surface area contributed by atoms with Gasteiger partial charge in [0.2, 0.25) is 0 Å². The lowest BCUT2D eigenvalue weighted by molar-refractivity contribution is 0.0691. The van der Waals surface area contributed by atoms with E-state index < -0.39 is 5.97 Å². The fourth-order valence-corrected chi connectivity index (χ4v) is 3.95. The van der Waals surface area contributed by atoms with Gasteiger partial charge in [-0.2, -0.15) is 0 Å². The number of aromatic nitrogens is 1. The van der Waals surface area contributed by atoms with Crippen molar-refractivity contribution < 1.29 is 9.90 Å². The maximum absolute atomic E-state index is 10.8. The molecular formula is C12H12N2O2S2. The largest absolute Gasteiger partial charge is 0.476 e. The topological polar surface area (TPSA) is 62.2 Å². The van der Waals surface area contributed by atoms with Gasteiger partial charge in [-0.3, -0.25) is 0 Å². The molecule has 0 spiro atoms. The Morgan fingerprint density at radius 1 is 1.50 bits per heavy atom. The van der Waals surface area contributed by atoms with Crippen molar-refractivity contribution in [3.63, 3.8) is 0 Å². The number of carboxylic acids is 1. The summed E-state index contributed by atoms with van der Waals surface area (Å²) in [5.74, 6) is -0.973. The van der Waals surface area contributed by atoms with Crippen molar-refractivity contribution in [3.8, 4) is 0 Å². The molecule has 1 atom stereocenters. The number of carboxylic acid groups (broad SMARTS) is 1. The highest BCUT2D eigenvalue weighted by Crippen LogP contribution is 2.35. The number of rotatable bonds is 3. The molecule has 0 saturated heterocycles. The van der Waals surface area contributed by atoms with Crippen LogP contribution in [0.1, 0.15) is 39.8 Å². The van der Waals surface area contributed by atoms with E-state index in [9.17, 15) is 4.79 Å². The third kappa shape index (κ3) is 2.13. The average Bonchev–Trinajstić information content (AvgIpc) is 2.97. The van der Waals surface area contributed by atoms with Gasteiger partial charge in [-0.05, 0) is 36.3 Å². The minimum Gasteiger partial charge on any atom is -0.476 e. The second-order valence-corrected chi connectivity index (χ2v) is 6.09. The summed E-state index contributed by atoms with van der Waals surface area (Å²) in [6.45, 7) is 0. The number of hydrogen-bond donors (Lipinski definition) is 2. The molecule has 2 aromatic rings. The number of anilines is 1. The van der Waals surface area contributed by atoms with Crippen LogP contribution in [-0.2, 0) is 6.42 Å². The van der Waals surface area contributed by atoms with Crippen molar-refractivity contribution in [1.82, 2.24) is 4.98 Å². The van der Waals surface area contributed by atoms with Crippen LogP contribution >= 0.6 is 22.7 Å². The Hall–Kier alpha value is -1.40. The molecule has 18 heavy (non-hydrogen) atoms. The van der Waals surface area contributed by atoms with Gasteiger partial charge < -0.3 is 10.4 Å². The molecule has 0 bridgehead atoms. The Labute approximate surface area is 112 Å². The van der Waals surface area contributed by atoms with E-state index in [4.69, 9.17) is 5.11 Å². The zero-order valence-corrected chi connectivity index (χ0v) is 11.2. The van der Waals surface area contributed by atoms with Gasteiger partial charge in [-0.15, -0.1) is 22.7 Å². The molecule has 0 fully saturated rings. The molecule has 94 valence electrons. The number of aryl methyl sites for hydroxylation is 1. The summed E-state index contributed by atoms with van der Waals surface area (Å²) in [5.41, 5.74) is 1.46. The maximum atomic E-state index is 10.8. The van der Waals surface area contributed by atoms with E-state index in [0.717, 1.165) is 12.8 Å². The van der Waals surface area contributed by atoms with E-state index in [0.29, 0.717) is 5.13 Å². The number of hydrogen-bond acceptors (Lipinski definition) is 5. The van der Waals surface area contributed by atoms with Gasteiger partial charge in [0.05, 0.1) is 6.04 Å². The van der Waals surface area contributed by atoms with Crippen LogP contribution in [-0.4, -0.2) is 16.1 Å². The molecule has 2 heterocycles. The van der Waals surface area contributed by atoms with Gasteiger partial charge in [0.25, 0.3) is 0 Å². The summed E-state index contributed by atoms with van der Waals surface area (Å²) in [6, 6.07) is 2.43. The Kier molecular flexibility index (Phi) is 3.05. The van der Waals surface area contributed by atoms with Gasteiger partial charge >= 0.3 is 5.97 Å². The highest BCUT2D eigenvalue weighted by Gasteiger charge is 2.22. The van der Waals surface area contributed by atoms with Gasteiger partial charge in [-0.25, -0.2) is 9.78 Å². The number of thiazole rings is 1. The minimum atomic E-state index is -0.973. The molecule has 4 nitrogen and oxygen atoms in total. The van der Waals surface area contributed by atoms with E-state index in [1.807, 2.05) is 0 Å². The Bertz CT molecular complexity index is 576. The summed E-state index contributed by atoms with van der Waals surface area (Å²) in [6.07, 6.45) is 3.40. The van der Waals surface area contributed by atoms with E-state index in [1.165, 1.54) is 28.2 Å². The van der Waals surface area contributed by atoms with Crippen molar-refractivity contribution in [2.45, 2.75) is 25.3 Å². The average molecular weight is 280 g/mol. The molecule has 2 aromatic heterocycles. The molecule has 0 amide bonds. The van der Waals surface area contributed by atoms with E-state index in [-0.39, 0.29) is 11.7 Å². The molecule has 0 aliphatic heterocycles. The Morgan fingerprint density at radius 2 is 2.39 bits per heavy atom. The zero-order valence-electron chi connectivity index (χ0n) is 9.55. The Morgan fingerprint density at radius 3 is 3.17 bits per heavy atom. The predicted octanol–water partition coefficient (Wildman–Crippen LogP) is 3.39. The van der Waals surface area contributed by atoms with Crippen molar-refractivity contribution in [3.05, 3.63) is 33.0 Å². The van der Waals surface area contributed by atoms with Crippen molar-refractivity contribution in [2.24, 2.45) is 0 Å². The summed E-state index contributed by atoms with van der Waals surface area (Å²) >= 11 is 3.15. The van der Waals surface area contributed by atoms with Crippen molar-refractivity contribution in [1.29, 1.82) is 0 Å².